The first-order valence-corrected chi connectivity index (χ1v) is 6.85. The monoisotopic (exact) mass is 261 g/mol. The van der Waals surface area contributed by atoms with Crippen molar-refractivity contribution in [2.24, 2.45) is 0 Å². The number of nitriles is 3. The first-order valence-electron chi connectivity index (χ1n) is 6.85. The van der Waals surface area contributed by atoms with Crippen molar-refractivity contribution in [3.05, 3.63) is 0 Å². The minimum absolute atomic E-state index is 0.329. The van der Waals surface area contributed by atoms with Gasteiger partial charge in [0.15, 0.2) is 0 Å². The van der Waals surface area contributed by atoms with E-state index in [1.165, 1.54) is 0 Å². The second kappa shape index (κ2) is 12.8. The molecule has 0 aromatic carbocycles. The molecule has 0 aliphatic heterocycles. The maximum absolute atomic E-state index is 8.66. The highest BCUT2D eigenvalue weighted by Crippen LogP contribution is 2.03. The summed E-state index contributed by atoms with van der Waals surface area (Å²) < 4.78 is 0. The maximum atomic E-state index is 8.66. The Morgan fingerprint density at radius 1 is 1.00 bits per heavy atom. The minimum atomic E-state index is 0.329. The molecule has 19 heavy (non-hydrogen) atoms. The van der Waals surface area contributed by atoms with Crippen LogP contribution in [0.4, 0.5) is 0 Å². The molecule has 104 valence electrons. The molecule has 0 rings (SSSR count). The van der Waals surface area contributed by atoms with E-state index in [-0.39, 0.29) is 0 Å². The fraction of sp³-hybridized carbons (Fsp3) is 0.786. The van der Waals surface area contributed by atoms with Gasteiger partial charge in [-0.1, -0.05) is 13.3 Å². The summed E-state index contributed by atoms with van der Waals surface area (Å²) in [6.07, 6.45) is 3.61. The average molecular weight is 261 g/mol. The Morgan fingerprint density at radius 3 is 2.05 bits per heavy atom. The van der Waals surface area contributed by atoms with Crippen molar-refractivity contribution >= 4 is 0 Å². The number of hydrogen-bond acceptors (Lipinski definition) is 5. The van der Waals surface area contributed by atoms with E-state index in [1.54, 1.807) is 0 Å². The molecule has 5 heteroatoms. The molecule has 0 saturated heterocycles. The third kappa shape index (κ3) is 10.0. The van der Waals surface area contributed by atoms with Crippen LogP contribution in [0, 0.1) is 34.0 Å². The van der Waals surface area contributed by atoms with Gasteiger partial charge in [-0.3, -0.25) is 4.90 Å². The van der Waals surface area contributed by atoms with Gasteiger partial charge in [0, 0.05) is 51.5 Å². The second-order valence-corrected chi connectivity index (χ2v) is 4.46. The highest BCUT2D eigenvalue weighted by molar-refractivity contribution is 4.80. The van der Waals surface area contributed by atoms with Crippen LogP contribution >= 0.6 is 0 Å². The van der Waals surface area contributed by atoms with Crippen LogP contribution in [0.3, 0.4) is 0 Å². The van der Waals surface area contributed by atoms with Gasteiger partial charge in [0.25, 0.3) is 0 Å². The lowest BCUT2D eigenvalue weighted by atomic mass is 10.1. The van der Waals surface area contributed by atoms with Crippen LogP contribution < -0.4 is 5.32 Å². The van der Waals surface area contributed by atoms with E-state index in [9.17, 15) is 0 Å². The van der Waals surface area contributed by atoms with E-state index in [1.807, 2.05) is 0 Å². The van der Waals surface area contributed by atoms with Crippen molar-refractivity contribution in [2.45, 2.75) is 45.1 Å². The molecule has 0 radical (unpaired) electrons. The summed E-state index contributed by atoms with van der Waals surface area (Å²) in [6.45, 7) is 5.08. The summed E-state index contributed by atoms with van der Waals surface area (Å²) >= 11 is 0. The maximum Gasteiger partial charge on any atom is 0.0635 e. The summed E-state index contributed by atoms with van der Waals surface area (Å²) in [4.78, 5) is 2.16. The Balaban J connectivity index is 4.24. The quantitative estimate of drug-likeness (QED) is 0.573. The van der Waals surface area contributed by atoms with Crippen molar-refractivity contribution in [1.29, 1.82) is 15.8 Å². The fourth-order valence-corrected chi connectivity index (χ4v) is 1.96. The van der Waals surface area contributed by atoms with Crippen LogP contribution in [0.15, 0.2) is 0 Å². The zero-order valence-electron chi connectivity index (χ0n) is 11.7. The first kappa shape index (κ1) is 17.4. The smallest absolute Gasteiger partial charge is 0.0635 e. The van der Waals surface area contributed by atoms with Crippen LogP contribution in [0.1, 0.15) is 39.0 Å². The molecule has 0 aromatic heterocycles. The van der Waals surface area contributed by atoms with Gasteiger partial charge in [0.1, 0.15) is 0 Å². The Hall–Kier alpha value is -1.61. The Kier molecular flexibility index (Phi) is 11.7. The highest BCUT2D eigenvalue weighted by Gasteiger charge is 2.12. The van der Waals surface area contributed by atoms with Gasteiger partial charge in [-0.15, -0.1) is 0 Å². The van der Waals surface area contributed by atoms with E-state index in [0.29, 0.717) is 44.9 Å². The molecule has 0 aliphatic carbocycles. The SMILES string of the molecule is CCCC(CN(CCC#N)CCC#N)NCCC#N. The predicted octanol–water partition coefficient (Wildman–Crippen LogP) is 1.79. The van der Waals surface area contributed by atoms with Crippen molar-refractivity contribution < 1.29 is 0 Å². The summed E-state index contributed by atoms with van der Waals surface area (Å²) in [6, 6.07) is 6.74. The van der Waals surface area contributed by atoms with Gasteiger partial charge in [-0.2, -0.15) is 15.8 Å². The number of nitrogens with zero attached hydrogens (tertiary/aromatic N) is 4. The van der Waals surface area contributed by atoms with Crippen molar-refractivity contribution in [3.63, 3.8) is 0 Å². The number of hydrogen-bond donors (Lipinski definition) is 1. The molecule has 0 bridgehead atoms. The summed E-state index contributed by atoms with van der Waals surface area (Å²) in [5, 5.41) is 29.2. The van der Waals surface area contributed by atoms with E-state index in [0.717, 1.165) is 19.4 Å². The van der Waals surface area contributed by atoms with Crippen LogP contribution in [0.2, 0.25) is 0 Å². The molecule has 5 nitrogen and oxygen atoms in total. The van der Waals surface area contributed by atoms with Crippen molar-refractivity contribution in [1.82, 2.24) is 10.2 Å². The van der Waals surface area contributed by atoms with Gasteiger partial charge in [0.05, 0.1) is 18.2 Å². The summed E-state index contributed by atoms with van der Waals surface area (Å²) in [5.74, 6) is 0. The lowest BCUT2D eigenvalue weighted by Gasteiger charge is -2.26. The van der Waals surface area contributed by atoms with Crippen molar-refractivity contribution in [2.75, 3.05) is 26.2 Å². The summed E-state index contributed by atoms with van der Waals surface area (Å²) in [5.41, 5.74) is 0. The fourth-order valence-electron chi connectivity index (χ4n) is 1.96. The van der Waals surface area contributed by atoms with Gasteiger partial charge >= 0.3 is 0 Å². The van der Waals surface area contributed by atoms with Crippen LogP contribution in [-0.2, 0) is 0 Å². The molecule has 0 aliphatic rings. The topological polar surface area (TPSA) is 86.6 Å². The largest absolute Gasteiger partial charge is 0.312 e. The Bertz CT molecular complexity index is 315. The molecule has 1 N–H and O–H groups in total. The Labute approximate surface area is 116 Å². The zero-order chi connectivity index (χ0) is 14.3. The van der Waals surface area contributed by atoms with Gasteiger partial charge in [-0.25, -0.2) is 0 Å². The molecule has 0 saturated carbocycles. The van der Waals surface area contributed by atoms with Crippen LogP contribution in [-0.4, -0.2) is 37.1 Å². The summed E-state index contributed by atoms with van der Waals surface area (Å²) in [7, 11) is 0. The molecule has 1 unspecified atom stereocenters. The molecular weight excluding hydrogens is 238 g/mol. The first-order chi connectivity index (χ1) is 9.28. The number of rotatable bonds is 11. The molecule has 0 amide bonds. The Morgan fingerprint density at radius 2 is 1.58 bits per heavy atom. The third-order valence-corrected chi connectivity index (χ3v) is 2.87. The zero-order valence-corrected chi connectivity index (χ0v) is 11.7. The molecular formula is C14H23N5. The molecule has 0 spiro atoms. The predicted molar refractivity (Wildman–Crippen MR) is 73.8 cm³/mol. The normalized spacial score (nSPS) is 11.5. The molecule has 0 heterocycles. The van der Waals surface area contributed by atoms with Gasteiger partial charge < -0.3 is 5.32 Å². The number of nitrogens with one attached hydrogen (secondary N) is 1. The van der Waals surface area contributed by atoms with Gasteiger partial charge in [-0.05, 0) is 6.42 Å². The molecule has 1 atom stereocenters. The van der Waals surface area contributed by atoms with Crippen LogP contribution in [0.5, 0.6) is 0 Å². The second-order valence-electron chi connectivity index (χ2n) is 4.46. The average Bonchev–Trinajstić information content (AvgIpc) is 2.42. The third-order valence-electron chi connectivity index (χ3n) is 2.87. The highest BCUT2D eigenvalue weighted by atomic mass is 15.1. The van der Waals surface area contributed by atoms with E-state index in [4.69, 9.17) is 15.8 Å². The lowest BCUT2D eigenvalue weighted by molar-refractivity contribution is 0.245. The van der Waals surface area contributed by atoms with E-state index in [2.05, 4.69) is 35.3 Å². The van der Waals surface area contributed by atoms with Gasteiger partial charge in [0.2, 0.25) is 0 Å². The standard InChI is InChI=1S/C14H23N5/c1-2-6-14(18-10-3-7-15)13-19(11-4-8-16)12-5-9-17/h14,18H,2-6,10-13H2,1H3. The van der Waals surface area contributed by atoms with Crippen molar-refractivity contribution in [3.8, 4) is 18.2 Å². The van der Waals surface area contributed by atoms with E-state index >= 15 is 0 Å². The molecule has 0 aromatic rings. The lowest BCUT2D eigenvalue weighted by Crippen LogP contribution is -2.42. The van der Waals surface area contributed by atoms with E-state index < -0.39 is 0 Å². The molecule has 0 fully saturated rings. The van der Waals surface area contributed by atoms with Crippen LogP contribution in [0.25, 0.3) is 0 Å². The minimum Gasteiger partial charge on any atom is -0.312 e.